The molecule has 1 amide bonds. The second-order valence-electron chi connectivity index (χ2n) is 4.41. The van der Waals surface area contributed by atoms with Gasteiger partial charge in [-0.1, -0.05) is 0 Å². The molecule has 0 atom stereocenters. The van der Waals surface area contributed by atoms with E-state index in [4.69, 9.17) is 4.42 Å². The number of carbonyl (C=O) groups excluding carboxylic acids is 1. The van der Waals surface area contributed by atoms with Gasteiger partial charge in [-0.3, -0.25) is 9.78 Å². The fourth-order valence-corrected chi connectivity index (χ4v) is 2.61. The average Bonchev–Trinajstić information content (AvgIpc) is 3.18. The highest BCUT2D eigenvalue weighted by molar-refractivity contribution is 7.07. The summed E-state index contributed by atoms with van der Waals surface area (Å²) in [6.45, 7) is 0.326. The number of hydrogen-bond acceptors (Lipinski definition) is 5. The highest BCUT2D eigenvalue weighted by Crippen LogP contribution is 2.19. The van der Waals surface area contributed by atoms with E-state index in [1.54, 1.807) is 36.1 Å². The fourth-order valence-electron chi connectivity index (χ4n) is 1.94. The summed E-state index contributed by atoms with van der Waals surface area (Å²) in [7, 11) is 0. The first-order valence-corrected chi connectivity index (χ1v) is 7.39. The Labute approximate surface area is 125 Å². The molecule has 106 valence electrons. The van der Waals surface area contributed by atoms with E-state index in [2.05, 4.69) is 15.3 Å². The summed E-state index contributed by atoms with van der Waals surface area (Å²) in [6, 6.07) is 5.56. The van der Waals surface area contributed by atoms with Crippen LogP contribution in [0.25, 0.3) is 11.5 Å². The van der Waals surface area contributed by atoms with Gasteiger partial charge in [0.15, 0.2) is 5.76 Å². The number of amides is 1. The Morgan fingerprint density at radius 3 is 2.95 bits per heavy atom. The number of nitrogens with one attached hydrogen (secondary N) is 1. The highest BCUT2D eigenvalue weighted by Gasteiger charge is 2.11. The molecule has 0 unspecified atom stereocenters. The fraction of sp³-hybridized carbons (Fsp3) is 0.133. The van der Waals surface area contributed by atoms with Crippen molar-refractivity contribution in [2.24, 2.45) is 0 Å². The molecule has 3 aromatic heterocycles. The molecule has 0 aliphatic carbocycles. The van der Waals surface area contributed by atoms with Crippen LogP contribution in [0.1, 0.15) is 11.3 Å². The molecule has 0 saturated heterocycles. The summed E-state index contributed by atoms with van der Waals surface area (Å²) in [4.78, 5) is 20.4. The number of thiophene rings is 1. The van der Waals surface area contributed by atoms with E-state index in [1.807, 2.05) is 22.9 Å². The Hall–Kier alpha value is -2.47. The molecule has 6 heteroatoms. The van der Waals surface area contributed by atoms with Crippen LogP contribution in [0.5, 0.6) is 0 Å². The number of aromatic nitrogens is 2. The van der Waals surface area contributed by atoms with Crippen LogP contribution in [0.2, 0.25) is 0 Å². The molecule has 0 spiro atoms. The molecule has 0 aliphatic rings. The quantitative estimate of drug-likeness (QED) is 0.786. The first kappa shape index (κ1) is 13.5. The zero-order valence-electron chi connectivity index (χ0n) is 11.2. The van der Waals surface area contributed by atoms with E-state index in [0.29, 0.717) is 30.1 Å². The molecule has 5 nitrogen and oxygen atoms in total. The Kier molecular flexibility index (Phi) is 4.07. The highest BCUT2D eigenvalue weighted by atomic mass is 32.1. The van der Waals surface area contributed by atoms with Crippen molar-refractivity contribution in [3.05, 3.63) is 58.9 Å². The number of rotatable bonds is 5. The number of furan rings is 1. The van der Waals surface area contributed by atoms with Crippen LogP contribution in [0, 0.1) is 0 Å². The summed E-state index contributed by atoms with van der Waals surface area (Å²) in [5.74, 6) is 0.606. The molecule has 0 radical (unpaired) electrons. The van der Waals surface area contributed by atoms with Gasteiger partial charge in [0.25, 0.3) is 0 Å². The van der Waals surface area contributed by atoms with Crippen molar-refractivity contribution in [2.45, 2.75) is 13.0 Å². The van der Waals surface area contributed by atoms with Gasteiger partial charge in [-0.05, 0) is 34.5 Å². The first-order chi connectivity index (χ1) is 10.3. The third-order valence-corrected chi connectivity index (χ3v) is 3.66. The molecule has 3 heterocycles. The van der Waals surface area contributed by atoms with Crippen LogP contribution in [-0.4, -0.2) is 15.9 Å². The second-order valence-corrected chi connectivity index (χ2v) is 5.19. The van der Waals surface area contributed by atoms with Crippen LogP contribution in [0.15, 0.2) is 52.0 Å². The molecule has 0 aromatic carbocycles. The molecule has 3 rings (SSSR count). The summed E-state index contributed by atoms with van der Waals surface area (Å²) >= 11 is 1.58. The maximum Gasteiger partial charge on any atom is 0.224 e. The SMILES string of the molecule is O=C(Cc1ccsc1)NCc1nccnc1-c1ccco1. The van der Waals surface area contributed by atoms with Gasteiger partial charge in [-0.2, -0.15) is 11.3 Å². The first-order valence-electron chi connectivity index (χ1n) is 6.44. The molecule has 1 N–H and O–H groups in total. The minimum atomic E-state index is -0.0375. The van der Waals surface area contributed by atoms with Gasteiger partial charge >= 0.3 is 0 Å². The Morgan fingerprint density at radius 2 is 2.19 bits per heavy atom. The van der Waals surface area contributed by atoms with E-state index in [1.165, 1.54) is 0 Å². The second kappa shape index (κ2) is 6.32. The van der Waals surface area contributed by atoms with Gasteiger partial charge in [0.05, 0.1) is 24.9 Å². The molecule has 21 heavy (non-hydrogen) atoms. The maximum absolute atomic E-state index is 11.9. The number of hydrogen-bond donors (Lipinski definition) is 1. The maximum atomic E-state index is 11.9. The minimum Gasteiger partial charge on any atom is -0.463 e. The van der Waals surface area contributed by atoms with Crippen LogP contribution < -0.4 is 5.32 Å². The van der Waals surface area contributed by atoms with E-state index in [9.17, 15) is 4.79 Å². The smallest absolute Gasteiger partial charge is 0.224 e. The van der Waals surface area contributed by atoms with Gasteiger partial charge in [0.1, 0.15) is 5.69 Å². The van der Waals surface area contributed by atoms with Crippen molar-refractivity contribution >= 4 is 17.2 Å². The average molecular weight is 299 g/mol. The zero-order valence-corrected chi connectivity index (χ0v) is 12.0. The molecule has 0 bridgehead atoms. The topological polar surface area (TPSA) is 68.0 Å². The molecular formula is C15H13N3O2S. The van der Waals surface area contributed by atoms with Gasteiger partial charge in [-0.15, -0.1) is 0 Å². The van der Waals surface area contributed by atoms with Crippen molar-refractivity contribution < 1.29 is 9.21 Å². The van der Waals surface area contributed by atoms with Gasteiger partial charge < -0.3 is 9.73 Å². The predicted octanol–water partition coefficient (Wildman–Crippen LogP) is 2.66. The summed E-state index contributed by atoms with van der Waals surface area (Å²) in [5, 5.41) is 6.79. The van der Waals surface area contributed by atoms with E-state index in [0.717, 1.165) is 5.56 Å². The van der Waals surface area contributed by atoms with Crippen LogP contribution in [-0.2, 0) is 17.8 Å². The molecule has 0 aliphatic heterocycles. The number of nitrogens with zero attached hydrogens (tertiary/aromatic N) is 2. The Bertz CT molecular complexity index is 708. The Balaban J connectivity index is 1.67. The van der Waals surface area contributed by atoms with Crippen molar-refractivity contribution in [1.29, 1.82) is 0 Å². The lowest BCUT2D eigenvalue weighted by atomic mass is 10.2. The van der Waals surface area contributed by atoms with Crippen molar-refractivity contribution in [1.82, 2.24) is 15.3 Å². The molecular weight excluding hydrogens is 286 g/mol. The lowest BCUT2D eigenvalue weighted by Gasteiger charge is -2.07. The normalized spacial score (nSPS) is 10.5. The minimum absolute atomic E-state index is 0.0375. The lowest BCUT2D eigenvalue weighted by molar-refractivity contribution is -0.120. The summed E-state index contributed by atoms with van der Waals surface area (Å²) in [5.41, 5.74) is 2.35. The van der Waals surface area contributed by atoms with E-state index < -0.39 is 0 Å². The molecule has 0 fully saturated rings. The summed E-state index contributed by atoms with van der Waals surface area (Å²) in [6.07, 6.45) is 5.17. The third kappa shape index (κ3) is 3.35. The predicted molar refractivity (Wildman–Crippen MR) is 79.6 cm³/mol. The van der Waals surface area contributed by atoms with Crippen LogP contribution in [0.3, 0.4) is 0 Å². The van der Waals surface area contributed by atoms with E-state index >= 15 is 0 Å². The lowest BCUT2D eigenvalue weighted by Crippen LogP contribution is -2.25. The standard InChI is InChI=1S/C15H13N3O2S/c19-14(8-11-3-7-21-10-11)18-9-12-15(17-5-4-16-12)13-2-1-6-20-13/h1-7,10H,8-9H2,(H,18,19). The van der Waals surface area contributed by atoms with E-state index in [-0.39, 0.29) is 5.91 Å². The van der Waals surface area contributed by atoms with Crippen LogP contribution in [0.4, 0.5) is 0 Å². The largest absolute Gasteiger partial charge is 0.463 e. The van der Waals surface area contributed by atoms with Crippen LogP contribution >= 0.6 is 11.3 Å². The van der Waals surface area contributed by atoms with Crippen molar-refractivity contribution in [3.8, 4) is 11.5 Å². The van der Waals surface area contributed by atoms with Gasteiger partial charge in [-0.25, -0.2) is 4.98 Å². The Morgan fingerprint density at radius 1 is 1.29 bits per heavy atom. The van der Waals surface area contributed by atoms with Gasteiger partial charge in [0, 0.05) is 12.4 Å². The molecule has 3 aromatic rings. The zero-order chi connectivity index (χ0) is 14.5. The number of carbonyl (C=O) groups is 1. The molecule has 0 saturated carbocycles. The van der Waals surface area contributed by atoms with Crippen molar-refractivity contribution in [2.75, 3.05) is 0 Å². The monoisotopic (exact) mass is 299 g/mol. The third-order valence-electron chi connectivity index (χ3n) is 2.93. The van der Waals surface area contributed by atoms with Gasteiger partial charge in [0.2, 0.25) is 5.91 Å². The van der Waals surface area contributed by atoms with Crippen molar-refractivity contribution in [3.63, 3.8) is 0 Å². The summed E-state index contributed by atoms with van der Waals surface area (Å²) < 4.78 is 5.34.